The molecule has 0 unspecified atom stereocenters. The van der Waals surface area contributed by atoms with Gasteiger partial charge in [0.2, 0.25) is 5.91 Å². The standard InChI is InChI=1S/C25H27N3O3/c1-17-8-5-9-18(2)22(17)28(25(30)21-13-7-15-31-21)23(19-10-6-14-26-16-19)24(29)27-20-11-3-4-12-20/h5-10,13-16,20,23H,3-4,11-12H2,1-2H3,(H,27,29)/t23-/m0/s1. The Morgan fingerprint density at radius 1 is 1.06 bits per heavy atom. The van der Waals surface area contributed by atoms with Crippen LogP contribution in [0.1, 0.15) is 59.0 Å². The molecule has 1 aromatic carbocycles. The molecule has 0 bridgehead atoms. The molecule has 1 aliphatic carbocycles. The Kier molecular flexibility index (Phi) is 6.16. The lowest BCUT2D eigenvalue weighted by molar-refractivity contribution is -0.123. The van der Waals surface area contributed by atoms with Gasteiger partial charge in [0.15, 0.2) is 5.76 Å². The fourth-order valence-electron chi connectivity index (χ4n) is 4.36. The summed E-state index contributed by atoms with van der Waals surface area (Å²) in [5.41, 5.74) is 3.17. The van der Waals surface area contributed by atoms with Crippen LogP contribution in [0.25, 0.3) is 0 Å². The topological polar surface area (TPSA) is 75.4 Å². The number of hydrogen-bond acceptors (Lipinski definition) is 4. The number of hydrogen-bond donors (Lipinski definition) is 1. The molecule has 0 saturated heterocycles. The highest BCUT2D eigenvalue weighted by Gasteiger charge is 2.37. The van der Waals surface area contributed by atoms with Crippen LogP contribution in [0.4, 0.5) is 5.69 Å². The predicted octanol–water partition coefficient (Wildman–Crippen LogP) is 4.74. The highest BCUT2D eigenvalue weighted by molar-refractivity contribution is 6.09. The molecule has 6 nitrogen and oxygen atoms in total. The normalized spacial score (nSPS) is 14.9. The predicted molar refractivity (Wildman–Crippen MR) is 119 cm³/mol. The Morgan fingerprint density at radius 2 is 1.81 bits per heavy atom. The number of para-hydroxylation sites is 1. The van der Waals surface area contributed by atoms with Gasteiger partial charge in [0, 0.05) is 24.0 Å². The Labute approximate surface area is 182 Å². The van der Waals surface area contributed by atoms with Gasteiger partial charge >= 0.3 is 0 Å². The number of furan rings is 1. The fraction of sp³-hybridized carbons (Fsp3) is 0.320. The lowest BCUT2D eigenvalue weighted by Crippen LogP contribution is -2.46. The average molecular weight is 418 g/mol. The first-order chi connectivity index (χ1) is 15.1. The second kappa shape index (κ2) is 9.16. The number of amides is 2. The number of nitrogens with zero attached hydrogens (tertiary/aromatic N) is 2. The molecule has 1 saturated carbocycles. The number of aryl methyl sites for hydroxylation is 2. The average Bonchev–Trinajstić information content (AvgIpc) is 3.47. The third-order valence-corrected chi connectivity index (χ3v) is 5.84. The summed E-state index contributed by atoms with van der Waals surface area (Å²) in [5.74, 6) is -0.384. The Balaban J connectivity index is 1.85. The van der Waals surface area contributed by atoms with E-state index in [0.717, 1.165) is 36.8 Å². The Hall–Kier alpha value is -3.41. The third-order valence-electron chi connectivity index (χ3n) is 5.84. The number of benzene rings is 1. The van der Waals surface area contributed by atoms with E-state index in [2.05, 4.69) is 10.3 Å². The number of anilines is 1. The van der Waals surface area contributed by atoms with Crippen molar-refractivity contribution in [3.63, 3.8) is 0 Å². The van der Waals surface area contributed by atoms with E-state index in [0.29, 0.717) is 11.3 Å². The summed E-state index contributed by atoms with van der Waals surface area (Å²) in [6.45, 7) is 3.89. The zero-order valence-electron chi connectivity index (χ0n) is 17.9. The third kappa shape index (κ3) is 4.38. The van der Waals surface area contributed by atoms with Crippen LogP contribution in [-0.2, 0) is 4.79 Å². The van der Waals surface area contributed by atoms with Crippen molar-refractivity contribution in [2.45, 2.75) is 51.6 Å². The lowest BCUT2D eigenvalue weighted by Gasteiger charge is -2.33. The highest BCUT2D eigenvalue weighted by atomic mass is 16.3. The molecular formula is C25H27N3O3. The van der Waals surface area contributed by atoms with Crippen molar-refractivity contribution in [3.8, 4) is 0 Å². The van der Waals surface area contributed by atoms with E-state index in [1.54, 1.807) is 35.5 Å². The van der Waals surface area contributed by atoms with Gasteiger partial charge in [-0.05, 0) is 56.0 Å². The van der Waals surface area contributed by atoms with Crippen molar-refractivity contribution in [1.29, 1.82) is 0 Å². The van der Waals surface area contributed by atoms with Gasteiger partial charge in [0.05, 0.1) is 12.0 Å². The summed E-state index contributed by atoms with van der Waals surface area (Å²) in [5, 5.41) is 3.18. The van der Waals surface area contributed by atoms with Crippen LogP contribution in [0.15, 0.2) is 65.5 Å². The summed E-state index contributed by atoms with van der Waals surface area (Å²) in [4.78, 5) is 33.1. The quantitative estimate of drug-likeness (QED) is 0.629. The lowest BCUT2D eigenvalue weighted by atomic mass is 10.00. The summed E-state index contributed by atoms with van der Waals surface area (Å²) >= 11 is 0. The highest BCUT2D eigenvalue weighted by Crippen LogP contribution is 2.34. The fourth-order valence-corrected chi connectivity index (χ4v) is 4.36. The molecule has 2 aromatic heterocycles. The Bertz CT molecular complexity index is 1020. The molecular weight excluding hydrogens is 390 g/mol. The van der Waals surface area contributed by atoms with Crippen LogP contribution in [-0.4, -0.2) is 22.8 Å². The zero-order chi connectivity index (χ0) is 21.8. The number of carbonyl (C=O) groups is 2. The van der Waals surface area contributed by atoms with Gasteiger partial charge in [0.25, 0.3) is 5.91 Å². The van der Waals surface area contributed by atoms with Gasteiger partial charge < -0.3 is 9.73 Å². The zero-order valence-corrected chi connectivity index (χ0v) is 17.9. The first kappa shape index (κ1) is 20.8. The van der Waals surface area contributed by atoms with Crippen molar-refractivity contribution < 1.29 is 14.0 Å². The molecule has 0 aliphatic heterocycles. The maximum atomic E-state index is 13.7. The molecule has 3 aromatic rings. The van der Waals surface area contributed by atoms with Crippen molar-refractivity contribution in [1.82, 2.24) is 10.3 Å². The van der Waals surface area contributed by atoms with Crippen LogP contribution in [0.5, 0.6) is 0 Å². The van der Waals surface area contributed by atoms with Crippen molar-refractivity contribution in [2.24, 2.45) is 0 Å². The van der Waals surface area contributed by atoms with Crippen molar-refractivity contribution in [3.05, 3.63) is 83.6 Å². The van der Waals surface area contributed by atoms with Crippen LogP contribution in [0.3, 0.4) is 0 Å². The summed E-state index contributed by atoms with van der Waals surface area (Å²) in [6, 6.07) is 12.0. The monoisotopic (exact) mass is 417 g/mol. The van der Waals surface area contributed by atoms with Crippen molar-refractivity contribution >= 4 is 17.5 Å². The van der Waals surface area contributed by atoms with Crippen molar-refractivity contribution in [2.75, 3.05) is 4.90 Å². The smallest absolute Gasteiger partial charge is 0.294 e. The minimum Gasteiger partial charge on any atom is -0.459 e. The largest absolute Gasteiger partial charge is 0.459 e. The molecule has 31 heavy (non-hydrogen) atoms. The SMILES string of the molecule is Cc1cccc(C)c1N(C(=O)c1ccco1)[C@H](C(=O)NC1CCCC1)c1cccnc1. The van der Waals surface area contributed by atoms with Gasteiger partial charge in [-0.25, -0.2) is 0 Å². The molecule has 0 radical (unpaired) electrons. The van der Waals surface area contributed by atoms with Crippen LogP contribution in [0, 0.1) is 13.8 Å². The molecule has 1 N–H and O–H groups in total. The van der Waals surface area contributed by atoms with Crippen LogP contribution < -0.4 is 10.2 Å². The number of aromatic nitrogens is 1. The van der Waals surface area contributed by atoms with E-state index in [1.807, 2.05) is 38.1 Å². The summed E-state index contributed by atoms with van der Waals surface area (Å²) in [7, 11) is 0. The molecule has 0 spiro atoms. The number of rotatable bonds is 6. The first-order valence-corrected chi connectivity index (χ1v) is 10.7. The van der Waals surface area contributed by atoms with E-state index in [1.165, 1.54) is 6.26 Å². The molecule has 2 heterocycles. The van der Waals surface area contributed by atoms with E-state index in [-0.39, 0.29) is 23.6 Å². The molecule has 160 valence electrons. The van der Waals surface area contributed by atoms with E-state index in [9.17, 15) is 9.59 Å². The van der Waals surface area contributed by atoms with Crippen LogP contribution >= 0.6 is 0 Å². The molecule has 6 heteroatoms. The van der Waals surface area contributed by atoms with Gasteiger partial charge in [0.1, 0.15) is 6.04 Å². The molecule has 4 rings (SSSR count). The second-order valence-corrected chi connectivity index (χ2v) is 8.07. The minimum atomic E-state index is -0.869. The summed E-state index contributed by atoms with van der Waals surface area (Å²) in [6.07, 6.45) is 8.90. The maximum absolute atomic E-state index is 13.7. The second-order valence-electron chi connectivity index (χ2n) is 8.07. The number of nitrogens with one attached hydrogen (secondary N) is 1. The minimum absolute atomic E-state index is 0.130. The first-order valence-electron chi connectivity index (χ1n) is 10.7. The van der Waals surface area contributed by atoms with Gasteiger partial charge in [-0.3, -0.25) is 19.5 Å². The molecule has 1 aliphatic rings. The number of pyridine rings is 1. The van der Waals surface area contributed by atoms with Gasteiger partial charge in [-0.15, -0.1) is 0 Å². The van der Waals surface area contributed by atoms with E-state index >= 15 is 0 Å². The van der Waals surface area contributed by atoms with E-state index < -0.39 is 6.04 Å². The molecule has 1 fully saturated rings. The Morgan fingerprint density at radius 3 is 2.42 bits per heavy atom. The van der Waals surface area contributed by atoms with Gasteiger partial charge in [-0.2, -0.15) is 0 Å². The summed E-state index contributed by atoms with van der Waals surface area (Å²) < 4.78 is 5.44. The number of carbonyl (C=O) groups excluding carboxylic acids is 2. The molecule has 2 amide bonds. The molecule has 1 atom stereocenters. The van der Waals surface area contributed by atoms with Gasteiger partial charge in [-0.1, -0.05) is 37.1 Å². The van der Waals surface area contributed by atoms with Crippen LogP contribution in [0.2, 0.25) is 0 Å². The maximum Gasteiger partial charge on any atom is 0.294 e. The van der Waals surface area contributed by atoms with E-state index in [4.69, 9.17) is 4.42 Å².